The fraction of sp³-hybridized carbons (Fsp3) is 0.421. The van der Waals surface area contributed by atoms with Crippen LogP contribution in [0.5, 0.6) is 5.75 Å². The van der Waals surface area contributed by atoms with Crippen LogP contribution < -0.4 is 10.1 Å². The topological polar surface area (TPSA) is 88.5 Å². The molecule has 0 radical (unpaired) electrons. The van der Waals surface area contributed by atoms with Crippen LogP contribution >= 0.6 is 11.3 Å². The molecule has 1 aromatic carbocycles. The maximum absolute atomic E-state index is 12.1. The molecule has 0 bridgehead atoms. The average molecular weight is 374 g/mol. The maximum Gasteiger partial charge on any atom is 0.306 e. The molecule has 1 saturated carbocycles. The molecule has 0 spiro atoms. The minimum Gasteiger partial charge on any atom is -0.486 e. The van der Waals surface area contributed by atoms with Crippen LogP contribution in [0.15, 0.2) is 29.6 Å². The van der Waals surface area contributed by atoms with E-state index in [2.05, 4.69) is 10.3 Å². The van der Waals surface area contributed by atoms with E-state index in [1.807, 2.05) is 36.6 Å². The van der Waals surface area contributed by atoms with Crippen LogP contribution in [0.3, 0.4) is 0 Å². The fourth-order valence-corrected chi connectivity index (χ4v) is 3.76. The van der Waals surface area contributed by atoms with Gasteiger partial charge in [0.05, 0.1) is 18.0 Å². The van der Waals surface area contributed by atoms with Gasteiger partial charge in [0.15, 0.2) is 0 Å². The Kier molecular flexibility index (Phi) is 5.88. The molecule has 0 aliphatic heterocycles. The molecule has 1 aliphatic carbocycles. The summed E-state index contributed by atoms with van der Waals surface area (Å²) in [4.78, 5) is 27.6. The Bertz CT molecular complexity index is 772. The number of hydrogen-bond donors (Lipinski definition) is 2. The summed E-state index contributed by atoms with van der Waals surface area (Å²) in [5.74, 6) is -0.443. The van der Waals surface area contributed by atoms with E-state index < -0.39 is 5.97 Å². The number of carbonyl (C=O) groups is 2. The quantitative estimate of drug-likeness (QED) is 0.778. The second-order valence-electron chi connectivity index (χ2n) is 6.62. The van der Waals surface area contributed by atoms with E-state index in [1.54, 1.807) is 0 Å². The minimum atomic E-state index is -0.778. The standard InChI is InChI=1S/C19H22N2O4S/c1-12-2-6-16(7-3-12)25-10-18-21-15(11-26-18)9-17(22)20-14-5-4-13(8-14)19(23)24/h2-3,6-7,11,13-14H,4-5,8-10H2,1H3,(H,20,22)(H,23,24)/t13-,14+/m0/s1. The number of aromatic nitrogens is 1. The van der Waals surface area contributed by atoms with E-state index in [9.17, 15) is 9.59 Å². The van der Waals surface area contributed by atoms with Crippen molar-refractivity contribution >= 4 is 23.2 Å². The number of carboxylic acids is 1. The highest BCUT2D eigenvalue weighted by molar-refractivity contribution is 7.09. The predicted molar refractivity (Wildman–Crippen MR) is 98.2 cm³/mol. The van der Waals surface area contributed by atoms with Gasteiger partial charge in [-0.05, 0) is 38.3 Å². The number of ether oxygens (including phenoxy) is 1. The van der Waals surface area contributed by atoms with Crippen LogP contribution in [0.4, 0.5) is 0 Å². The van der Waals surface area contributed by atoms with Crippen molar-refractivity contribution in [2.24, 2.45) is 5.92 Å². The Balaban J connectivity index is 1.45. The lowest BCUT2D eigenvalue weighted by Crippen LogP contribution is -2.34. The number of aryl methyl sites for hydroxylation is 1. The highest BCUT2D eigenvalue weighted by Gasteiger charge is 2.30. The first-order valence-corrected chi connectivity index (χ1v) is 9.52. The summed E-state index contributed by atoms with van der Waals surface area (Å²) in [6.07, 6.45) is 2.05. The van der Waals surface area contributed by atoms with Crippen LogP contribution in [-0.4, -0.2) is 28.0 Å². The molecule has 138 valence electrons. The van der Waals surface area contributed by atoms with E-state index in [1.165, 1.54) is 16.9 Å². The number of amides is 1. The molecule has 6 nitrogen and oxygen atoms in total. The van der Waals surface area contributed by atoms with Crippen molar-refractivity contribution in [3.8, 4) is 5.75 Å². The number of hydrogen-bond acceptors (Lipinski definition) is 5. The zero-order valence-electron chi connectivity index (χ0n) is 14.6. The van der Waals surface area contributed by atoms with Gasteiger partial charge in [0.2, 0.25) is 5.91 Å². The van der Waals surface area contributed by atoms with Gasteiger partial charge in [0, 0.05) is 11.4 Å². The van der Waals surface area contributed by atoms with Crippen molar-refractivity contribution in [1.29, 1.82) is 0 Å². The van der Waals surface area contributed by atoms with Gasteiger partial charge in [-0.3, -0.25) is 9.59 Å². The van der Waals surface area contributed by atoms with Gasteiger partial charge in [-0.1, -0.05) is 17.7 Å². The average Bonchev–Trinajstić information content (AvgIpc) is 3.24. The number of thiazole rings is 1. The van der Waals surface area contributed by atoms with Gasteiger partial charge in [0.25, 0.3) is 0 Å². The van der Waals surface area contributed by atoms with Gasteiger partial charge in [-0.25, -0.2) is 4.98 Å². The molecule has 0 saturated heterocycles. The summed E-state index contributed by atoms with van der Waals surface area (Å²) >= 11 is 1.47. The Hall–Kier alpha value is -2.41. The molecule has 1 aromatic heterocycles. The molecule has 2 N–H and O–H groups in total. The SMILES string of the molecule is Cc1ccc(OCc2nc(CC(=O)N[C@@H]3CC[C@H](C(=O)O)C3)cs2)cc1. The lowest BCUT2D eigenvalue weighted by molar-refractivity contribution is -0.141. The first-order valence-electron chi connectivity index (χ1n) is 8.64. The normalized spacial score (nSPS) is 19.3. The Morgan fingerprint density at radius 1 is 1.31 bits per heavy atom. The zero-order valence-corrected chi connectivity index (χ0v) is 15.4. The van der Waals surface area contributed by atoms with Crippen molar-refractivity contribution in [3.05, 3.63) is 45.9 Å². The van der Waals surface area contributed by atoms with Gasteiger partial charge < -0.3 is 15.2 Å². The van der Waals surface area contributed by atoms with Crippen molar-refractivity contribution in [2.75, 3.05) is 0 Å². The number of aliphatic carboxylic acids is 1. The van der Waals surface area contributed by atoms with Crippen LogP contribution in [0, 0.1) is 12.8 Å². The van der Waals surface area contributed by atoms with E-state index >= 15 is 0 Å². The number of nitrogens with zero attached hydrogens (tertiary/aromatic N) is 1. The highest BCUT2D eigenvalue weighted by atomic mass is 32.1. The molecular formula is C19H22N2O4S. The maximum atomic E-state index is 12.1. The van der Waals surface area contributed by atoms with Crippen molar-refractivity contribution < 1.29 is 19.4 Å². The van der Waals surface area contributed by atoms with Crippen molar-refractivity contribution in [1.82, 2.24) is 10.3 Å². The molecule has 1 fully saturated rings. The molecule has 2 atom stereocenters. The second-order valence-corrected chi connectivity index (χ2v) is 7.57. The molecule has 1 amide bonds. The number of benzene rings is 1. The largest absolute Gasteiger partial charge is 0.486 e. The summed E-state index contributed by atoms with van der Waals surface area (Å²) in [5, 5.41) is 14.6. The van der Waals surface area contributed by atoms with E-state index in [-0.39, 0.29) is 24.3 Å². The van der Waals surface area contributed by atoms with Crippen LogP contribution in [0.2, 0.25) is 0 Å². The number of rotatable bonds is 7. The molecule has 3 rings (SSSR count). The van der Waals surface area contributed by atoms with Gasteiger partial charge >= 0.3 is 5.97 Å². The van der Waals surface area contributed by atoms with Crippen LogP contribution in [0.25, 0.3) is 0 Å². The number of carboxylic acid groups (broad SMARTS) is 1. The molecular weight excluding hydrogens is 352 g/mol. The lowest BCUT2D eigenvalue weighted by Gasteiger charge is -2.11. The smallest absolute Gasteiger partial charge is 0.306 e. The third kappa shape index (κ3) is 5.05. The molecule has 7 heteroatoms. The Morgan fingerprint density at radius 3 is 2.77 bits per heavy atom. The summed E-state index contributed by atoms with van der Waals surface area (Å²) < 4.78 is 5.70. The summed E-state index contributed by atoms with van der Waals surface area (Å²) in [7, 11) is 0. The second kappa shape index (κ2) is 8.31. The molecule has 1 aliphatic rings. The Morgan fingerprint density at radius 2 is 2.08 bits per heavy atom. The predicted octanol–water partition coefficient (Wildman–Crippen LogP) is 2.94. The summed E-state index contributed by atoms with van der Waals surface area (Å²) in [6, 6.07) is 7.77. The number of nitrogens with one attached hydrogen (secondary N) is 1. The van der Waals surface area contributed by atoms with Crippen molar-refractivity contribution in [2.45, 2.75) is 45.3 Å². The van der Waals surface area contributed by atoms with Crippen LogP contribution in [0.1, 0.15) is 35.5 Å². The van der Waals surface area contributed by atoms with Crippen LogP contribution in [-0.2, 0) is 22.6 Å². The highest BCUT2D eigenvalue weighted by Crippen LogP contribution is 2.25. The minimum absolute atomic E-state index is 0.0495. The third-order valence-electron chi connectivity index (χ3n) is 4.47. The fourth-order valence-electron chi connectivity index (χ4n) is 3.06. The summed E-state index contributed by atoms with van der Waals surface area (Å²) in [5.41, 5.74) is 1.89. The first-order chi connectivity index (χ1) is 12.5. The molecule has 26 heavy (non-hydrogen) atoms. The molecule has 1 heterocycles. The monoisotopic (exact) mass is 374 g/mol. The Labute approximate surface area is 156 Å². The van der Waals surface area contributed by atoms with Gasteiger partial charge in [-0.15, -0.1) is 11.3 Å². The van der Waals surface area contributed by atoms with E-state index in [0.717, 1.165) is 17.2 Å². The summed E-state index contributed by atoms with van der Waals surface area (Å²) in [6.45, 7) is 2.40. The van der Waals surface area contributed by atoms with Gasteiger partial charge in [-0.2, -0.15) is 0 Å². The first kappa shape index (κ1) is 18.4. The molecule has 2 aromatic rings. The van der Waals surface area contributed by atoms with E-state index in [4.69, 9.17) is 9.84 Å². The van der Waals surface area contributed by atoms with Gasteiger partial charge in [0.1, 0.15) is 17.4 Å². The third-order valence-corrected chi connectivity index (χ3v) is 5.34. The lowest BCUT2D eigenvalue weighted by atomic mass is 10.1. The number of carbonyl (C=O) groups excluding carboxylic acids is 1. The zero-order chi connectivity index (χ0) is 18.5. The van der Waals surface area contributed by atoms with E-state index in [0.29, 0.717) is 25.1 Å². The van der Waals surface area contributed by atoms with Crippen molar-refractivity contribution in [3.63, 3.8) is 0 Å². The molecule has 0 unspecified atom stereocenters.